The maximum atomic E-state index is 12.2. The third-order valence-electron chi connectivity index (χ3n) is 4.28. The largest absolute Gasteiger partial charge is 0.484 e. The molecule has 1 fully saturated rings. The molecule has 142 valence electrons. The Labute approximate surface area is 161 Å². The van der Waals surface area contributed by atoms with E-state index in [0.29, 0.717) is 22.9 Å². The van der Waals surface area contributed by atoms with E-state index < -0.39 is 0 Å². The quantitative estimate of drug-likeness (QED) is 0.655. The molecule has 0 saturated heterocycles. The molecule has 0 atom stereocenters. The maximum Gasteiger partial charge on any atom is 0.262 e. The van der Waals surface area contributed by atoms with E-state index in [1.54, 1.807) is 42.6 Å². The predicted octanol–water partition coefficient (Wildman–Crippen LogP) is 3.71. The molecule has 7 heteroatoms. The van der Waals surface area contributed by atoms with Crippen LogP contribution in [0.3, 0.4) is 0 Å². The zero-order chi connectivity index (χ0) is 19.3. The number of oxazole rings is 1. The van der Waals surface area contributed by atoms with Crippen LogP contribution in [0, 0.1) is 5.92 Å². The minimum absolute atomic E-state index is 0.0292. The molecule has 0 radical (unpaired) electrons. The van der Waals surface area contributed by atoms with Crippen molar-refractivity contribution in [2.75, 3.05) is 17.2 Å². The van der Waals surface area contributed by atoms with Crippen LogP contribution >= 0.6 is 0 Å². The fourth-order valence-corrected chi connectivity index (χ4v) is 2.71. The first-order valence-electron chi connectivity index (χ1n) is 9.00. The number of hydrogen-bond acceptors (Lipinski definition) is 5. The molecule has 0 bridgehead atoms. The molecular formula is C21H19N3O4. The number of rotatable bonds is 7. The van der Waals surface area contributed by atoms with Crippen molar-refractivity contribution in [3.05, 3.63) is 61.1 Å². The van der Waals surface area contributed by atoms with Crippen LogP contribution in [-0.4, -0.2) is 23.4 Å². The van der Waals surface area contributed by atoms with E-state index in [1.165, 1.54) is 6.39 Å². The number of aromatic nitrogens is 1. The van der Waals surface area contributed by atoms with Crippen molar-refractivity contribution in [1.82, 2.24) is 4.98 Å². The van der Waals surface area contributed by atoms with Gasteiger partial charge < -0.3 is 19.8 Å². The number of amides is 2. The van der Waals surface area contributed by atoms with Gasteiger partial charge in [0.15, 0.2) is 18.8 Å². The molecule has 1 saturated carbocycles. The van der Waals surface area contributed by atoms with Gasteiger partial charge in [-0.05, 0) is 37.1 Å². The number of anilines is 2. The molecule has 0 unspecified atom stereocenters. The number of ether oxygens (including phenoxy) is 1. The molecule has 2 aromatic carbocycles. The zero-order valence-corrected chi connectivity index (χ0v) is 15.1. The van der Waals surface area contributed by atoms with Gasteiger partial charge in [0.2, 0.25) is 5.91 Å². The molecule has 0 aliphatic heterocycles. The molecule has 1 aliphatic carbocycles. The summed E-state index contributed by atoms with van der Waals surface area (Å²) in [6.45, 7) is -0.146. The Morgan fingerprint density at radius 1 is 1.07 bits per heavy atom. The number of carbonyl (C=O) groups is 2. The second kappa shape index (κ2) is 7.96. The summed E-state index contributed by atoms with van der Waals surface area (Å²) in [5.41, 5.74) is 2.11. The number of carbonyl (C=O) groups excluding carboxylic acids is 2. The third-order valence-corrected chi connectivity index (χ3v) is 4.28. The van der Waals surface area contributed by atoms with E-state index in [4.69, 9.17) is 9.15 Å². The SMILES string of the molecule is O=C(COc1cccc(NC(=O)C2CC2)c1)Nc1cccc(-c2cnco2)c1. The first kappa shape index (κ1) is 17.8. The lowest BCUT2D eigenvalue weighted by Gasteiger charge is -2.10. The zero-order valence-electron chi connectivity index (χ0n) is 15.1. The topological polar surface area (TPSA) is 93.5 Å². The van der Waals surface area contributed by atoms with Crippen molar-refractivity contribution >= 4 is 23.2 Å². The molecule has 28 heavy (non-hydrogen) atoms. The van der Waals surface area contributed by atoms with Crippen LogP contribution in [-0.2, 0) is 9.59 Å². The fraction of sp³-hybridized carbons (Fsp3) is 0.190. The van der Waals surface area contributed by atoms with E-state index in [-0.39, 0.29) is 24.3 Å². The summed E-state index contributed by atoms with van der Waals surface area (Å²) in [7, 11) is 0. The average Bonchev–Trinajstić information content (AvgIpc) is 3.41. The summed E-state index contributed by atoms with van der Waals surface area (Å²) in [6.07, 6.45) is 4.86. The molecule has 7 nitrogen and oxygen atoms in total. The summed E-state index contributed by atoms with van der Waals surface area (Å²) < 4.78 is 10.8. The Balaban J connectivity index is 1.32. The Bertz CT molecular complexity index is 981. The Hall–Kier alpha value is -3.61. The summed E-state index contributed by atoms with van der Waals surface area (Å²) >= 11 is 0. The highest BCUT2D eigenvalue weighted by Gasteiger charge is 2.29. The van der Waals surface area contributed by atoms with Crippen LogP contribution in [0.25, 0.3) is 11.3 Å². The van der Waals surface area contributed by atoms with E-state index >= 15 is 0 Å². The number of nitrogens with one attached hydrogen (secondary N) is 2. The summed E-state index contributed by atoms with van der Waals surface area (Å²) in [5.74, 6) is 1.00. The van der Waals surface area contributed by atoms with Crippen molar-refractivity contribution in [2.45, 2.75) is 12.8 Å². The maximum absolute atomic E-state index is 12.2. The van der Waals surface area contributed by atoms with Crippen LogP contribution in [0.5, 0.6) is 5.75 Å². The molecule has 0 spiro atoms. The standard InChI is InChI=1S/C21H19N3O4/c25-20(23-16-4-1-3-15(9-16)19-11-22-13-28-19)12-27-18-6-2-5-17(10-18)24-21(26)14-7-8-14/h1-6,9-11,13-14H,7-8,12H2,(H,23,25)(H,24,26). The molecule has 2 amide bonds. The van der Waals surface area contributed by atoms with Crippen LogP contribution in [0.4, 0.5) is 11.4 Å². The van der Waals surface area contributed by atoms with E-state index in [1.807, 2.05) is 12.1 Å². The van der Waals surface area contributed by atoms with Gasteiger partial charge in [0.05, 0.1) is 6.20 Å². The van der Waals surface area contributed by atoms with Gasteiger partial charge in [-0.3, -0.25) is 9.59 Å². The van der Waals surface area contributed by atoms with Gasteiger partial charge >= 0.3 is 0 Å². The minimum Gasteiger partial charge on any atom is -0.484 e. The summed E-state index contributed by atoms with van der Waals surface area (Å²) in [6, 6.07) is 14.3. The predicted molar refractivity (Wildman–Crippen MR) is 104 cm³/mol. The first-order valence-corrected chi connectivity index (χ1v) is 9.00. The summed E-state index contributed by atoms with van der Waals surface area (Å²) in [4.78, 5) is 27.9. The van der Waals surface area contributed by atoms with Gasteiger partial charge in [0, 0.05) is 28.9 Å². The van der Waals surface area contributed by atoms with E-state index in [0.717, 1.165) is 18.4 Å². The lowest BCUT2D eigenvalue weighted by molar-refractivity contribution is -0.118. The van der Waals surface area contributed by atoms with Crippen LogP contribution < -0.4 is 15.4 Å². The molecule has 1 aromatic heterocycles. The normalized spacial score (nSPS) is 13.0. The molecule has 3 aromatic rings. The lowest BCUT2D eigenvalue weighted by Crippen LogP contribution is -2.20. The van der Waals surface area contributed by atoms with Gasteiger partial charge in [-0.15, -0.1) is 0 Å². The van der Waals surface area contributed by atoms with Crippen molar-refractivity contribution in [2.24, 2.45) is 5.92 Å². The van der Waals surface area contributed by atoms with Gasteiger partial charge in [-0.1, -0.05) is 18.2 Å². The van der Waals surface area contributed by atoms with E-state index in [2.05, 4.69) is 15.6 Å². The van der Waals surface area contributed by atoms with Crippen molar-refractivity contribution in [3.63, 3.8) is 0 Å². The second-order valence-electron chi connectivity index (χ2n) is 6.57. The average molecular weight is 377 g/mol. The van der Waals surface area contributed by atoms with Crippen molar-refractivity contribution in [3.8, 4) is 17.1 Å². The molecule has 1 heterocycles. The number of benzene rings is 2. The molecule has 1 aliphatic rings. The minimum atomic E-state index is -0.290. The molecule has 4 rings (SSSR count). The van der Waals surface area contributed by atoms with Gasteiger partial charge in [-0.2, -0.15) is 0 Å². The van der Waals surface area contributed by atoms with Gasteiger partial charge in [0.1, 0.15) is 5.75 Å². The smallest absolute Gasteiger partial charge is 0.262 e. The lowest BCUT2D eigenvalue weighted by atomic mass is 10.1. The van der Waals surface area contributed by atoms with Crippen LogP contribution in [0.15, 0.2) is 65.5 Å². The highest BCUT2D eigenvalue weighted by molar-refractivity contribution is 5.94. The van der Waals surface area contributed by atoms with Gasteiger partial charge in [0.25, 0.3) is 5.91 Å². The monoisotopic (exact) mass is 377 g/mol. The number of nitrogens with zero attached hydrogens (tertiary/aromatic N) is 1. The molecule has 2 N–H and O–H groups in total. The Morgan fingerprint density at radius 2 is 1.86 bits per heavy atom. The fourth-order valence-electron chi connectivity index (χ4n) is 2.71. The highest BCUT2D eigenvalue weighted by Crippen LogP contribution is 2.30. The van der Waals surface area contributed by atoms with Crippen LogP contribution in [0.1, 0.15) is 12.8 Å². The Morgan fingerprint density at radius 3 is 2.61 bits per heavy atom. The highest BCUT2D eigenvalue weighted by atomic mass is 16.5. The van der Waals surface area contributed by atoms with Crippen molar-refractivity contribution in [1.29, 1.82) is 0 Å². The van der Waals surface area contributed by atoms with E-state index in [9.17, 15) is 9.59 Å². The second-order valence-corrected chi connectivity index (χ2v) is 6.57. The van der Waals surface area contributed by atoms with Gasteiger partial charge in [-0.25, -0.2) is 4.98 Å². The first-order chi connectivity index (χ1) is 13.7. The third kappa shape index (κ3) is 4.56. The number of hydrogen-bond donors (Lipinski definition) is 2. The van der Waals surface area contributed by atoms with Crippen LogP contribution in [0.2, 0.25) is 0 Å². The van der Waals surface area contributed by atoms with Crippen molar-refractivity contribution < 1.29 is 18.7 Å². The molecular weight excluding hydrogens is 358 g/mol. The summed E-state index contributed by atoms with van der Waals surface area (Å²) in [5, 5.41) is 5.65. The Kier molecular flexibility index (Phi) is 5.05.